The quantitative estimate of drug-likeness (QED) is 0.408. The number of halogens is 1. The van der Waals surface area contributed by atoms with Crippen LogP contribution in [0.2, 0.25) is 0 Å². The van der Waals surface area contributed by atoms with Crippen molar-refractivity contribution in [1.82, 2.24) is 10.2 Å². The Kier molecular flexibility index (Phi) is 6.57. The van der Waals surface area contributed by atoms with Crippen LogP contribution < -0.4 is 5.32 Å². The van der Waals surface area contributed by atoms with E-state index in [0.29, 0.717) is 31.5 Å². The fourth-order valence-corrected chi connectivity index (χ4v) is 4.85. The van der Waals surface area contributed by atoms with Crippen molar-refractivity contribution in [3.63, 3.8) is 0 Å². The van der Waals surface area contributed by atoms with E-state index in [2.05, 4.69) is 5.32 Å². The molecule has 0 saturated carbocycles. The first-order chi connectivity index (χ1) is 17.1. The third-order valence-corrected chi connectivity index (χ3v) is 6.80. The van der Waals surface area contributed by atoms with E-state index in [4.69, 9.17) is 0 Å². The number of benzene rings is 4. The second-order valence-corrected chi connectivity index (χ2v) is 9.00. The van der Waals surface area contributed by atoms with Gasteiger partial charge in [-0.3, -0.25) is 9.59 Å². The summed E-state index contributed by atoms with van der Waals surface area (Å²) in [6.45, 7) is 1.07. The number of likely N-dealkylation sites (tertiary alicyclic amines) is 1. The molecular weight excluding hydrogens is 439 g/mol. The van der Waals surface area contributed by atoms with Crippen molar-refractivity contribution < 1.29 is 14.0 Å². The van der Waals surface area contributed by atoms with Crippen molar-refractivity contribution in [2.45, 2.75) is 18.9 Å². The molecule has 1 aliphatic heterocycles. The van der Waals surface area contributed by atoms with Gasteiger partial charge in [0.2, 0.25) is 5.91 Å². The number of carbonyl (C=O) groups excluding carboxylic acids is 2. The maximum Gasteiger partial charge on any atom is 0.254 e. The van der Waals surface area contributed by atoms with E-state index in [1.807, 2.05) is 77.7 Å². The minimum Gasteiger partial charge on any atom is -0.345 e. The minimum absolute atomic E-state index is 0.00846. The summed E-state index contributed by atoms with van der Waals surface area (Å²) in [5, 5.41) is 5.16. The highest BCUT2D eigenvalue weighted by atomic mass is 19.1. The Bertz CT molecular complexity index is 1320. The lowest BCUT2D eigenvalue weighted by Gasteiger charge is -2.32. The van der Waals surface area contributed by atoms with Gasteiger partial charge in [-0.25, -0.2) is 4.39 Å². The van der Waals surface area contributed by atoms with Crippen LogP contribution in [0.25, 0.3) is 10.8 Å². The van der Waals surface area contributed by atoms with E-state index in [-0.39, 0.29) is 29.6 Å². The number of rotatable bonds is 5. The lowest BCUT2D eigenvalue weighted by atomic mass is 9.93. The van der Waals surface area contributed by atoms with Crippen molar-refractivity contribution in [3.05, 3.63) is 120 Å². The number of carbonyl (C=O) groups is 2. The van der Waals surface area contributed by atoms with Crippen LogP contribution >= 0.6 is 0 Å². The first-order valence-electron chi connectivity index (χ1n) is 12.0. The smallest absolute Gasteiger partial charge is 0.254 e. The van der Waals surface area contributed by atoms with Gasteiger partial charge in [-0.15, -0.1) is 0 Å². The third-order valence-electron chi connectivity index (χ3n) is 6.80. The SMILES string of the molecule is O=C(NC(c1ccccc1)c1ccc(F)cc1)C1CCN(C(=O)c2cccc3ccccc23)CC1. The summed E-state index contributed by atoms with van der Waals surface area (Å²) in [6.07, 6.45) is 1.21. The van der Waals surface area contributed by atoms with Crippen LogP contribution in [-0.2, 0) is 4.79 Å². The summed E-state index contributed by atoms with van der Waals surface area (Å²) in [7, 11) is 0. The minimum atomic E-state index is -0.361. The normalized spacial score (nSPS) is 15.1. The number of nitrogens with zero attached hydrogens (tertiary/aromatic N) is 1. The molecule has 4 aromatic carbocycles. The maximum absolute atomic E-state index is 13.5. The van der Waals surface area contributed by atoms with Crippen molar-refractivity contribution in [3.8, 4) is 0 Å². The largest absolute Gasteiger partial charge is 0.345 e. The molecule has 4 nitrogen and oxygen atoms in total. The van der Waals surface area contributed by atoms with Crippen LogP contribution in [0.5, 0.6) is 0 Å². The molecular formula is C30H27FN2O2. The number of nitrogens with one attached hydrogen (secondary N) is 1. The Morgan fingerprint density at radius 1 is 0.771 bits per heavy atom. The van der Waals surface area contributed by atoms with Gasteiger partial charge in [0.05, 0.1) is 6.04 Å². The van der Waals surface area contributed by atoms with Crippen LogP contribution in [-0.4, -0.2) is 29.8 Å². The molecule has 0 aromatic heterocycles. The molecule has 1 unspecified atom stereocenters. The number of fused-ring (bicyclic) bond motifs is 1. The zero-order valence-electron chi connectivity index (χ0n) is 19.4. The Labute approximate surface area is 204 Å². The number of amides is 2. The van der Waals surface area contributed by atoms with Crippen molar-refractivity contribution in [2.75, 3.05) is 13.1 Å². The predicted octanol–water partition coefficient (Wildman–Crippen LogP) is 5.74. The molecule has 0 bridgehead atoms. The van der Waals surface area contributed by atoms with Gasteiger partial charge in [-0.1, -0.05) is 78.9 Å². The summed E-state index contributed by atoms with van der Waals surface area (Å²) >= 11 is 0. The van der Waals surface area contributed by atoms with E-state index in [1.165, 1.54) is 12.1 Å². The first-order valence-corrected chi connectivity index (χ1v) is 12.0. The van der Waals surface area contributed by atoms with Gasteiger partial charge in [0.15, 0.2) is 0 Å². The van der Waals surface area contributed by atoms with Crippen molar-refractivity contribution >= 4 is 22.6 Å². The van der Waals surface area contributed by atoms with E-state index < -0.39 is 0 Å². The highest BCUT2D eigenvalue weighted by Crippen LogP contribution is 2.26. The van der Waals surface area contributed by atoms with Crippen LogP contribution in [0.4, 0.5) is 4.39 Å². The molecule has 1 heterocycles. The second-order valence-electron chi connectivity index (χ2n) is 9.00. The summed E-state index contributed by atoms with van der Waals surface area (Å²) < 4.78 is 13.5. The van der Waals surface area contributed by atoms with Crippen LogP contribution in [0.1, 0.15) is 40.4 Å². The Balaban J connectivity index is 1.27. The van der Waals surface area contributed by atoms with Crippen molar-refractivity contribution in [1.29, 1.82) is 0 Å². The van der Waals surface area contributed by atoms with E-state index in [9.17, 15) is 14.0 Å². The zero-order chi connectivity index (χ0) is 24.2. The van der Waals surface area contributed by atoms with Gasteiger partial charge >= 0.3 is 0 Å². The highest BCUT2D eigenvalue weighted by molar-refractivity contribution is 6.07. The molecule has 0 radical (unpaired) electrons. The fraction of sp³-hybridized carbons (Fsp3) is 0.200. The lowest BCUT2D eigenvalue weighted by molar-refractivity contribution is -0.126. The Morgan fingerprint density at radius 3 is 2.14 bits per heavy atom. The van der Waals surface area contributed by atoms with Gasteiger partial charge in [0, 0.05) is 24.6 Å². The highest BCUT2D eigenvalue weighted by Gasteiger charge is 2.30. The molecule has 1 fully saturated rings. The molecule has 0 aliphatic carbocycles. The summed E-state index contributed by atoms with van der Waals surface area (Å²) in [4.78, 5) is 28.4. The maximum atomic E-state index is 13.5. The summed E-state index contributed by atoms with van der Waals surface area (Å²) in [5.41, 5.74) is 2.47. The van der Waals surface area contributed by atoms with Gasteiger partial charge < -0.3 is 10.2 Å². The standard InChI is InChI=1S/C30H27FN2O2/c31-25-15-13-23(14-16-25)28(22-8-2-1-3-9-22)32-29(34)24-17-19-33(20-18-24)30(35)27-12-6-10-21-7-4-5-11-26(21)27/h1-16,24,28H,17-20H2,(H,32,34). The molecule has 176 valence electrons. The monoisotopic (exact) mass is 466 g/mol. The van der Waals surface area contributed by atoms with Gasteiger partial charge in [0.25, 0.3) is 5.91 Å². The van der Waals surface area contributed by atoms with Crippen molar-refractivity contribution in [2.24, 2.45) is 5.92 Å². The zero-order valence-corrected chi connectivity index (χ0v) is 19.4. The molecule has 5 rings (SSSR count). The second kappa shape index (κ2) is 10.1. The third kappa shape index (κ3) is 4.94. The summed E-state index contributed by atoms with van der Waals surface area (Å²) in [6, 6.07) is 29.3. The molecule has 1 atom stereocenters. The molecule has 1 N–H and O–H groups in total. The number of hydrogen-bond donors (Lipinski definition) is 1. The molecule has 4 aromatic rings. The number of hydrogen-bond acceptors (Lipinski definition) is 2. The summed E-state index contributed by atoms with van der Waals surface area (Å²) in [5.74, 6) is -0.525. The molecule has 0 spiro atoms. The first kappa shape index (κ1) is 22.8. The molecule has 35 heavy (non-hydrogen) atoms. The van der Waals surface area contributed by atoms with E-state index in [1.54, 1.807) is 12.1 Å². The van der Waals surface area contributed by atoms with Gasteiger partial charge in [-0.05, 0) is 52.9 Å². The fourth-order valence-electron chi connectivity index (χ4n) is 4.85. The van der Waals surface area contributed by atoms with Crippen LogP contribution in [0.3, 0.4) is 0 Å². The van der Waals surface area contributed by atoms with Gasteiger partial charge in [-0.2, -0.15) is 0 Å². The Morgan fingerprint density at radius 2 is 1.40 bits per heavy atom. The average molecular weight is 467 g/mol. The molecule has 2 amide bonds. The lowest BCUT2D eigenvalue weighted by Crippen LogP contribution is -2.43. The average Bonchev–Trinajstić information content (AvgIpc) is 2.92. The van der Waals surface area contributed by atoms with E-state index >= 15 is 0 Å². The van der Waals surface area contributed by atoms with Crippen LogP contribution in [0.15, 0.2) is 97.1 Å². The molecule has 1 saturated heterocycles. The Hall–Kier alpha value is -3.99. The molecule has 5 heteroatoms. The number of piperidine rings is 1. The predicted molar refractivity (Wildman–Crippen MR) is 135 cm³/mol. The van der Waals surface area contributed by atoms with Crippen LogP contribution in [0, 0.1) is 11.7 Å². The van der Waals surface area contributed by atoms with E-state index in [0.717, 1.165) is 21.9 Å². The molecule has 1 aliphatic rings. The van der Waals surface area contributed by atoms with Gasteiger partial charge in [0.1, 0.15) is 5.82 Å². The topological polar surface area (TPSA) is 49.4 Å².